The number of ether oxygens (including phenoxy) is 1. The number of sulfone groups is 1. The number of aryl methyl sites for hydroxylation is 1. The van der Waals surface area contributed by atoms with Crippen LogP contribution in [0.5, 0.6) is 0 Å². The van der Waals surface area contributed by atoms with Gasteiger partial charge in [0.2, 0.25) is 0 Å². The highest BCUT2D eigenvalue weighted by Gasteiger charge is 2.70. The topological polar surface area (TPSA) is 69.4 Å². The van der Waals surface area contributed by atoms with E-state index in [1.165, 1.54) is 5.56 Å². The molecule has 4 nitrogen and oxygen atoms in total. The van der Waals surface area contributed by atoms with Crippen molar-refractivity contribution < 1.29 is 13.2 Å². The Bertz CT molecular complexity index is 881. The lowest BCUT2D eigenvalue weighted by Gasteiger charge is -2.16. The van der Waals surface area contributed by atoms with Crippen molar-refractivity contribution in [1.29, 1.82) is 0 Å². The predicted molar refractivity (Wildman–Crippen MR) is 109 cm³/mol. The van der Waals surface area contributed by atoms with Crippen LogP contribution in [0.3, 0.4) is 0 Å². The fourth-order valence-corrected chi connectivity index (χ4v) is 6.52. The van der Waals surface area contributed by atoms with E-state index in [2.05, 4.69) is 19.1 Å². The van der Waals surface area contributed by atoms with Gasteiger partial charge in [-0.05, 0) is 48.7 Å². The number of hydrogen-bond acceptors (Lipinski definition) is 4. The van der Waals surface area contributed by atoms with E-state index in [-0.39, 0.29) is 17.4 Å². The van der Waals surface area contributed by atoms with Crippen molar-refractivity contribution >= 4 is 21.4 Å². The molecule has 0 aliphatic heterocycles. The van der Waals surface area contributed by atoms with Crippen LogP contribution < -0.4 is 5.73 Å². The molecule has 0 spiro atoms. The van der Waals surface area contributed by atoms with Crippen molar-refractivity contribution in [2.75, 3.05) is 19.8 Å². The zero-order valence-electron chi connectivity index (χ0n) is 15.7. The predicted octanol–water partition coefficient (Wildman–Crippen LogP) is 3.82. The van der Waals surface area contributed by atoms with Crippen LogP contribution in [0.15, 0.2) is 53.4 Å². The van der Waals surface area contributed by atoms with Gasteiger partial charge in [-0.1, -0.05) is 42.8 Å². The Hall–Kier alpha value is -1.40. The van der Waals surface area contributed by atoms with Crippen molar-refractivity contribution in [1.82, 2.24) is 0 Å². The third-order valence-electron chi connectivity index (χ3n) is 5.56. The van der Waals surface area contributed by atoms with E-state index in [9.17, 15) is 8.42 Å². The summed E-state index contributed by atoms with van der Waals surface area (Å²) in [5.74, 6) is -0.180. The van der Waals surface area contributed by atoms with Gasteiger partial charge < -0.3 is 10.5 Å². The number of rotatable bonds is 8. The first kappa shape index (κ1) is 20.3. The molecule has 0 saturated heterocycles. The summed E-state index contributed by atoms with van der Waals surface area (Å²) < 4.78 is 32.5. The van der Waals surface area contributed by atoms with Crippen LogP contribution in [0.4, 0.5) is 0 Å². The Morgan fingerprint density at radius 1 is 1.07 bits per heavy atom. The van der Waals surface area contributed by atoms with Crippen LogP contribution in [0.1, 0.15) is 30.9 Å². The van der Waals surface area contributed by atoms with E-state index in [0.717, 1.165) is 12.0 Å². The smallest absolute Gasteiger partial charge is 0.182 e. The molecule has 1 saturated carbocycles. The van der Waals surface area contributed by atoms with Gasteiger partial charge >= 0.3 is 0 Å². The van der Waals surface area contributed by atoms with Crippen molar-refractivity contribution in [3.63, 3.8) is 0 Å². The van der Waals surface area contributed by atoms with E-state index in [1.54, 1.807) is 24.3 Å². The maximum Gasteiger partial charge on any atom is 0.182 e. The van der Waals surface area contributed by atoms with Crippen molar-refractivity contribution in [2.24, 2.45) is 11.1 Å². The molecule has 2 aromatic rings. The van der Waals surface area contributed by atoms with Crippen molar-refractivity contribution in [3.05, 3.63) is 64.7 Å². The third-order valence-corrected chi connectivity index (χ3v) is 8.15. The van der Waals surface area contributed by atoms with E-state index in [4.69, 9.17) is 22.1 Å². The first-order valence-corrected chi connectivity index (χ1v) is 11.2. The second-order valence-electron chi connectivity index (χ2n) is 7.07. The third kappa shape index (κ3) is 3.66. The molecule has 1 aliphatic carbocycles. The molecule has 0 heterocycles. The largest absolute Gasteiger partial charge is 0.381 e. The Balaban J connectivity index is 2.02. The van der Waals surface area contributed by atoms with Crippen LogP contribution >= 0.6 is 11.6 Å². The van der Waals surface area contributed by atoms with Gasteiger partial charge in [0.25, 0.3) is 0 Å². The van der Waals surface area contributed by atoms with Crippen LogP contribution in [0.25, 0.3) is 0 Å². The second-order valence-corrected chi connectivity index (χ2v) is 9.57. The normalized spacial score (nSPS) is 24.7. The fraction of sp³-hybridized carbons (Fsp3) is 0.429. The van der Waals surface area contributed by atoms with Gasteiger partial charge in [0, 0.05) is 29.5 Å². The van der Waals surface area contributed by atoms with Gasteiger partial charge in [-0.25, -0.2) is 8.42 Å². The number of halogens is 1. The molecule has 2 aromatic carbocycles. The maximum absolute atomic E-state index is 13.4. The second kappa shape index (κ2) is 7.92. The van der Waals surface area contributed by atoms with E-state index < -0.39 is 20.5 Å². The Kier molecular flexibility index (Phi) is 5.96. The molecular formula is C21H26ClNO3S. The first-order valence-electron chi connectivity index (χ1n) is 9.26. The molecule has 2 N–H and O–H groups in total. The lowest BCUT2D eigenvalue weighted by molar-refractivity contribution is 0.101. The quantitative estimate of drug-likeness (QED) is 0.722. The molecule has 3 atom stereocenters. The highest BCUT2D eigenvalue weighted by atomic mass is 35.5. The summed E-state index contributed by atoms with van der Waals surface area (Å²) in [6, 6.07) is 14.5. The number of hydrogen-bond donors (Lipinski definition) is 1. The summed E-state index contributed by atoms with van der Waals surface area (Å²) in [4.78, 5) is 0.277. The van der Waals surface area contributed by atoms with Gasteiger partial charge in [0.15, 0.2) is 9.84 Å². The summed E-state index contributed by atoms with van der Waals surface area (Å²) in [6.45, 7) is 5.11. The molecule has 3 rings (SSSR count). The van der Waals surface area contributed by atoms with Crippen LogP contribution in [-0.2, 0) is 21.0 Å². The SMILES string of the molecule is CCOCC1(CN)C(c2ccc(CC)cc2)C1S(=O)(=O)c1ccc(Cl)cc1. The molecule has 0 aromatic heterocycles. The van der Waals surface area contributed by atoms with E-state index in [1.807, 2.05) is 19.1 Å². The van der Waals surface area contributed by atoms with E-state index >= 15 is 0 Å². The van der Waals surface area contributed by atoms with Crippen LogP contribution in [0, 0.1) is 5.41 Å². The highest BCUT2D eigenvalue weighted by molar-refractivity contribution is 7.92. The average Bonchev–Trinajstić information content (AvgIpc) is 3.37. The Labute approximate surface area is 166 Å². The number of nitrogens with two attached hydrogens (primary N) is 1. The molecule has 146 valence electrons. The molecule has 0 amide bonds. The molecule has 1 aliphatic rings. The summed E-state index contributed by atoms with van der Waals surface area (Å²) in [6.07, 6.45) is 0.943. The van der Waals surface area contributed by atoms with E-state index in [0.29, 0.717) is 18.2 Å². The first-order chi connectivity index (χ1) is 12.9. The van der Waals surface area contributed by atoms with Gasteiger partial charge in [-0.2, -0.15) is 0 Å². The number of benzene rings is 2. The minimum absolute atomic E-state index is 0.180. The van der Waals surface area contributed by atoms with Crippen molar-refractivity contribution in [2.45, 2.75) is 36.3 Å². The van der Waals surface area contributed by atoms with Gasteiger partial charge in [0.05, 0.1) is 16.8 Å². The maximum atomic E-state index is 13.4. The molecule has 1 fully saturated rings. The fourth-order valence-electron chi connectivity index (χ4n) is 3.95. The van der Waals surface area contributed by atoms with Crippen LogP contribution in [0.2, 0.25) is 5.02 Å². The Morgan fingerprint density at radius 2 is 1.70 bits per heavy atom. The Morgan fingerprint density at radius 3 is 2.22 bits per heavy atom. The lowest BCUT2D eigenvalue weighted by Crippen LogP contribution is -2.29. The van der Waals surface area contributed by atoms with Gasteiger partial charge in [-0.15, -0.1) is 0 Å². The molecule has 0 radical (unpaired) electrons. The molecular weight excluding hydrogens is 382 g/mol. The van der Waals surface area contributed by atoms with Crippen LogP contribution in [-0.4, -0.2) is 33.4 Å². The minimum Gasteiger partial charge on any atom is -0.381 e. The van der Waals surface area contributed by atoms with Gasteiger partial charge in [-0.3, -0.25) is 0 Å². The summed E-state index contributed by atoms with van der Waals surface area (Å²) in [5.41, 5.74) is 7.73. The molecule has 27 heavy (non-hydrogen) atoms. The molecule has 6 heteroatoms. The minimum atomic E-state index is -3.56. The molecule has 3 unspecified atom stereocenters. The standard InChI is InChI=1S/C21H26ClNO3S/c1-3-15-5-7-16(8-6-15)19-20(21(19,13-23)14-26-4-2)27(24,25)18-11-9-17(22)10-12-18/h5-12,19-20H,3-4,13-14,23H2,1-2H3. The average molecular weight is 408 g/mol. The molecule has 0 bridgehead atoms. The van der Waals surface area contributed by atoms with Gasteiger partial charge in [0.1, 0.15) is 0 Å². The summed E-state index contributed by atoms with van der Waals surface area (Å²) in [5, 5.41) is -0.0916. The summed E-state index contributed by atoms with van der Waals surface area (Å²) >= 11 is 5.93. The zero-order valence-corrected chi connectivity index (χ0v) is 17.3. The zero-order chi connectivity index (χ0) is 19.7. The van der Waals surface area contributed by atoms with Crippen molar-refractivity contribution in [3.8, 4) is 0 Å². The monoisotopic (exact) mass is 407 g/mol. The summed E-state index contributed by atoms with van der Waals surface area (Å²) in [7, 11) is -3.56. The highest BCUT2D eigenvalue weighted by Crippen LogP contribution is 2.63. The lowest BCUT2D eigenvalue weighted by atomic mass is 9.99.